The van der Waals surface area contributed by atoms with Gasteiger partial charge in [-0.2, -0.15) is 0 Å². The van der Waals surface area contributed by atoms with E-state index in [-0.39, 0.29) is 11.6 Å². The molecule has 1 aromatic carbocycles. The van der Waals surface area contributed by atoms with Crippen molar-refractivity contribution in [3.63, 3.8) is 0 Å². The van der Waals surface area contributed by atoms with E-state index >= 15 is 0 Å². The van der Waals surface area contributed by atoms with E-state index in [9.17, 15) is 8.78 Å². The van der Waals surface area contributed by atoms with Gasteiger partial charge in [0.05, 0.1) is 4.47 Å². The van der Waals surface area contributed by atoms with E-state index in [1.165, 1.54) is 37.8 Å². The molecule has 0 heterocycles. The fourth-order valence-electron chi connectivity index (χ4n) is 3.24. The molecule has 1 fully saturated rings. The molecule has 0 amide bonds. The van der Waals surface area contributed by atoms with Crippen LogP contribution in [0.5, 0.6) is 0 Å². The van der Waals surface area contributed by atoms with Crippen molar-refractivity contribution >= 4 is 15.9 Å². The molecule has 4 heteroatoms. The minimum atomic E-state index is -0.454. The highest BCUT2D eigenvalue weighted by Gasteiger charge is 2.23. The molecule has 0 aliphatic heterocycles. The summed E-state index contributed by atoms with van der Waals surface area (Å²) in [5.74, 6) is -0.187. The Bertz CT molecular complexity index is 458. The highest BCUT2D eigenvalue weighted by molar-refractivity contribution is 9.10. The topological polar surface area (TPSA) is 12.0 Å². The van der Waals surface area contributed by atoms with Crippen molar-refractivity contribution in [2.24, 2.45) is 5.92 Å². The highest BCUT2D eigenvalue weighted by Crippen LogP contribution is 2.30. The molecule has 0 saturated heterocycles. The maximum Gasteiger partial charge on any atom is 0.143 e. The van der Waals surface area contributed by atoms with Gasteiger partial charge in [-0.1, -0.05) is 32.6 Å². The molecule has 2 rings (SSSR count). The van der Waals surface area contributed by atoms with Crippen LogP contribution in [0.3, 0.4) is 0 Å². The second kappa shape index (κ2) is 8.23. The second-order valence-corrected chi connectivity index (χ2v) is 6.92. The second-order valence-electron chi connectivity index (χ2n) is 6.06. The zero-order chi connectivity index (χ0) is 15.2. The van der Waals surface area contributed by atoms with E-state index in [4.69, 9.17) is 0 Å². The zero-order valence-corrected chi connectivity index (χ0v) is 14.2. The van der Waals surface area contributed by atoms with Crippen LogP contribution in [0, 0.1) is 17.6 Å². The largest absolute Gasteiger partial charge is 0.314 e. The van der Waals surface area contributed by atoms with Crippen LogP contribution in [0.15, 0.2) is 16.6 Å². The van der Waals surface area contributed by atoms with Crippen LogP contribution in [0.2, 0.25) is 0 Å². The van der Waals surface area contributed by atoms with Crippen LogP contribution in [-0.4, -0.2) is 12.6 Å². The van der Waals surface area contributed by atoms with Gasteiger partial charge in [-0.25, -0.2) is 8.78 Å². The van der Waals surface area contributed by atoms with Crippen molar-refractivity contribution in [3.05, 3.63) is 33.8 Å². The first-order valence-corrected chi connectivity index (χ1v) is 8.76. The van der Waals surface area contributed by atoms with Gasteiger partial charge in [0.15, 0.2) is 0 Å². The van der Waals surface area contributed by atoms with Gasteiger partial charge in [0.25, 0.3) is 0 Å². The van der Waals surface area contributed by atoms with Crippen molar-refractivity contribution in [2.75, 3.05) is 6.54 Å². The quantitative estimate of drug-likeness (QED) is 0.658. The zero-order valence-electron chi connectivity index (χ0n) is 12.6. The standard InChI is InChI=1S/C17H24BrF2N/c1-2-9-21-13(10-12-5-3-4-6-12)11-14-16(19)8-7-15(18)17(14)20/h7-8,12-13,21H,2-6,9-11H2,1H3. The van der Waals surface area contributed by atoms with Gasteiger partial charge in [0.2, 0.25) is 0 Å². The molecule has 1 aromatic rings. The summed E-state index contributed by atoms with van der Waals surface area (Å²) in [5.41, 5.74) is 0.205. The van der Waals surface area contributed by atoms with Gasteiger partial charge in [-0.3, -0.25) is 0 Å². The lowest BCUT2D eigenvalue weighted by Gasteiger charge is -2.22. The van der Waals surface area contributed by atoms with Gasteiger partial charge in [0.1, 0.15) is 11.6 Å². The average Bonchev–Trinajstić information content (AvgIpc) is 2.97. The number of benzene rings is 1. The summed E-state index contributed by atoms with van der Waals surface area (Å²) in [5, 5.41) is 3.47. The molecular weight excluding hydrogens is 336 g/mol. The molecule has 1 aliphatic rings. The molecule has 0 bridgehead atoms. The molecule has 1 atom stereocenters. The molecule has 0 radical (unpaired) electrons. The smallest absolute Gasteiger partial charge is 0.143 e. The fourth-order valence-corrected chi connectivity index (χ4v) is 3.61. The van der Waals surface area contributed by atoms with Gasteiger partial charge in [-0.05, 0) is 59.8 Å². The molecule has 1 unspecified atom stereocenters. The summed E-state index contributed by atoms with van der Waals surface area (Å²) in [4.78, 5) is 0. The first-order valence-electron chi connectivity index (χ1n) is 7.97. The Kier molecular flexibility index (Phi) is 6.62. The summed E-state index contributed by atoms with van der Waals surface area (Å²) >= 11 is 3.15. The molecule has 1 nitrogen and oxygen atoms in total. The Morgan fingerprint density at radius 1 is 1.29 bits per heavy atom. The van der Waals surface area contributed by atoms with Crippen LogP contribution in [0.1, 0.15) is 51.0 Å². The predicted octanol–water partition coefficient (Wildman–Crippen LogP) is 5.22. The van der Waals surface area contributed by atoms with Crippen LogP contribution in [0.4, 0.5) is 8.78 Å². The van der Waals surface area contributed by atoms with E-state index in [1.54, 1.807) is 0 Å². The van der Waals surface area contributed by atoms with Crippen molar-refractivity contribution in [2.45, 2.75) is 57.9 Å². The fraction of sp³-hybridized carbons (Fsp3) is 0.647. The maximum absolute atomic E-state index is 14.1. The number of nitrogens with one attached hydrogen (secondary N) is 1. The molecule has 1 N–H and O–H groups in total. The van der Waals surface area contributed by atoms with E-state index in [0.717, 1.165) is 19.4 Å². The number of hydrogen-bond donors (Lipinski definition) is 1. The van der Waals surface area contributed by atoms with Gasteiger partial charge >= 0.3 is 0 Å². The average molecular weight is 360 g/mol. The molecule has 1 aliphatic carbocycles. The van der Waals surface area contributed by atoms with Gasteiger partial charge < -0.3 is 5.32 Å². The first kappa shape index (κ1) is 16.9. The van der Waals surface area contributed by atoms with Gasteiger partial charge in [-0.15, -0.1) is 0 Å². The molecule has 118 valence electrons. The van der Waals surface area contributed by atoms with E-state index < -0.39 is 11.6 Å². The van der Waals surface area contributed by atoms with Gasteiger partial charge in [0, 0.05) is 11.6 Å². The molecule has 0 aromatic heterocycles. The van der Waals surface area contributed by atoms with Crippen molar-refractivity contribution in [1.29, 1.82) is 0 Å². The molecule has 0 spiro atoms. The first-order chi connectivity index (χ1) is 10.1. The molecule has 21 heavy (non-hydrogen) atoms. The molecule has 1 saturated carbocycles. The lowest BCUT2D eigenvalue weighted by atomic mass is 9.93. The predicted molar refractivity (Wildman–Crippen MR) is 86.4 cm³/mol. The Balaban J connectivity index is 2.08. The third-order valence-corrected chi connectivity index (χ3v) is 4.98. The van der Waals surface area contributed by atoms with Crippen molar-refractivity contribution < 1.29 is 8.78 Å². The number of rotatable bonds is 7. The summed E-state index contributed by atoms with van der Waals surface area (Å²) in [6.07, 6.45) is 7.58. The summed E-state index contributed by atoms with van der Waals surface area (Å²) in [7, 11) is 0. The van der Waals surface area contributed by atoms with Crippen molar-refractivity contribution in [1.82, 2.24) is 5.32 Å². The normalized spacial score (nSPS) is 17.3. The SMILES string of the molecule is CCCNC(Cc1c(F)ccc(Br)c1F)CC1CCCC1. The van der Waals surface area contributed by atoms with Crippen LogP contribution in [0.25, 0.3) is 0 Å². The Labute approximate surface area is 134 Å². The molecular formula is C17H24BrF2N. The minimum Gasteiger partial charge on any atom is -0.314 e. The van der Waals surface area contributed by atoms with Crippen LogP contribution >= 0.6 is 15.9 Å². The van der Waals surface area contributed by atoms with E-state index in [0.29, 0.717) is 16.8 Å². The third kappa shape index (κ3) is 4.75. The lowest BCUT2D eigenvalue weighted by molar-refractivity contribution is 0.377. The number of halogens is 3. The third-order valence-electron chi connectivity index (χ3n) is 4.37. The van der Waals surface area contributed by atoms with Crippen LogP contribution < -0.4 is 5.32 Å². The van der Waals surface area contributed by atoms with Crippen LogP contribution in [-0.2, 0) is 6.42 Å². The Hall–Kier alpha value is -0.480. The Morgan fingerprint density at radius 2 is 2.00 bits per heavy atom. The Morgan fingerprint density at radius 3 is 2.67 bits per heavy atom. The van der Waals surface area contributed by atoms with E-state index in [2.05, 4.69) is 28.2 Å². The summed E-state index contributed by atoms with van der Waals surface area (Å²) in [6.45, 7) is 3.01. The lowest BCUT2D eigenvalue weighted by Crippen LogP contribution is -2.34. The van der Waals surface area contributed by atoms with Crippen molar-refractivity contribution in [3.8, 4) is 0 Å². The van der Waals surface area contributed by atoms with E-state index in [1.807, 2.05) is 0 Å². The number of hydrogen-bond acceptors (Lipinski definition) is 1. The summed E-state index contributed by atoms with van der Waals surface area (Å²) < 4.78 is 28.4. The summed E-state index contributed by atoms with van der Waals surface area (Å²) in [6, 6.07) is 2.93. The monoisotopic (exact) mass is 359 g/mol. The minimum absolute atomic E-state index is 0.159. The highest BCUT2D eigenvalue weighted by atomic mass is 79.9. The maximum atomic E-state index is 14.1.